The predicted octanol–water partition coefficient (Wildman–Crippen LogP) is -5.27. The summed E-state index contributed by atoms with van der Waals surface area (Å²) in [5.74, 6) is -8.43. The van der Waals surface area contributed by atoms with Crippen molar-refractivity contribution in [1.82, 2.24) is 26.6 Å². The van der Waals surface area contributed by atoms with E-state index in [1.807, 2.05) is 10.6 Å². The number of nitrogens with one attached hydrogen (secondary N) is 5. The molecule has 5 amide bonds. The van der Waals surface area contributed by atoms with Crippen LogP contribution in [0.1, 0.15) is 40.5 Å². The molecule has 0 unspecified atom stereocenters. The highest BCUT2D eigenvalue weighted by atomic mass is 16.4. The lowest BCUT2D eigenvalue weighted by Gasteiger charge is -2.28. The van der Waals surface area contributed by atoms with Gasteiger partial charge in [-0.05, 0) is 26.2 Å². The molecule has 0 aromatic rings. The molecule has 0 rings (SSSR count). The average Bonchev–Trinajstić information content (AvgIpc) is 2.86. The van der Waals surface area contributed by atoms with Gasteiger partial charge in [-0.15, -0.1) is 0 Å². The third kappa shape index (κ3) is 13.8. The van der Waals surface area contributed by atoms with Crippen molar-refractivity contribution in [2.24, 2.45) is 11.7 Å². The van der Waals surface area contributed by atoms with E-state index >= 15 is 0 Å². The Kier molecular flexibility index (Phi) is 16.1. The van der Waals surface area contributed by atoms with E-state index in [1.54, 1.807) is 13.8 Å². The van der Waals surface area contributed by atoms with Crippen LogP contribution in [-0.4, -0.2) is 123 Å². The van der Waals surface area contributed by atoms with Gasteiger partial charge in [-0.3, -0.25) is 33.6 Å². The fourth-order valence-corrected chi connectivity index (χ4v) is 3.25. The van der Waals surface area contributed by atoms with E-state index in [9.17, 15) is 48.9 Å². The van der Waals surface area contributed by atoms with Crippen molar-refractivity contribution in [1.29, 1.82) is 0 Å². The molecule has 18 heteroatoms. The number of hydrogen-bond donors (Lipinski definition) is 11. The minimum absolute atomic E-state index is 0.00968. The highest BCUT2D eigenvalue weighted by Gasteiger charge is 2.34. The zero-order valence-electron chi connectivity index (χ0n) is 23.1. The zero-order chi connectivity index (χ0) is 32.0. The average molecular weight is 593 g/mol. The zero-order valence-corrected chi connectivity index (χ0v) is 23.1. The monoisotopic (exact) mass is 592 g/mol. The molecule has 0 saturated carbocycles. The van der Waals surface area contributed by atoms with Crippen molar-refractivity contribution in [2.75, 3.05) is 13.2 Å². The number of aliphatic carboxylic acids is 2. The maximum absolute atomic E-state index is 13.0. The normalized spacial score (nSPS) is 16.1. The second kappa shape index (κ2) is 17.7. The molecule has 0 aliphatic heterocycles. The fourth-order valence-electron chi connectivity index (χ4n) is 3.25. The highest BCUT2D eigenvalue weighted by Crippen LogP contribution is 2.07. The summed E-state index contributed by atoms with van der Waals surface area (Å²) in [6.45, 7) is 3.95. The standard InChI is InChI=1S/C23H40N6O12/c1-9(2)5-12(27-23(41)18(11(4)32)29-22(40)17(24)10(3)31)20(38)28-14(8-30)21(39)26-13(6-15(33)34)19(37)25-7-16(35)36/h9-14,17-18,30-32H,5-8,24H2,1-4H3,(H,25,37)(H,26,39)(H,27,41)(H,28,38)(H,29,40)(H,33,34)(H,35,36)/t10-,11-,12+,13+,14+,17+,18+/m1/s1. The third-order valence-corrected chi connectivity index (χ3v) is 5.47. The minimum atomic E-state index is -1.75. The lowest BCUT2D eigenvalue weighted by molar-refractivity contribution is -0.142. The molecule has 234 valence electrons. The van der Waals surface area contributed by atoms with Gasteiger partial charge in [0.05, 0.1) is 25.2 Å². The number of carbonyl (C=O) groups is 7. The molecule has 0 bridgehead atoms. The third-order valence-electron chi connectivity index (χ3n) is 5.47. The van der Waals surface area contributed by atoms with Gasteiger partial charge in [-0.1, -0.05) is 13.8 Å². The molecule has 0 heterocycles. The lowest BCUT2D eigenvalue weighted by atomic mass is 10.0. The number of aliphatic hydroxyl groups is 3. The molecule has 41 heavy (non-hydrogen) atoms. The number of amides is 5. The first-order valence-electron chi connectivity index (χ1n) is 12.6. The number of carboxylic acid groups (broad SMARTS) is 2. The summed E-state index contributed by atoms with van der Waals surface area (Å²) in [7, 11) is 0. The Morgan fingerprint density at radius 1 is 0.659 bits per heavy atom. The maximum Gasteiger partial charge on any atom is 0.322 e. The number of hydrogen-bond acceptors (Lipinski definition) is 11. The van der Waals surface area contributed by atoms with Gasteiger partial charge in [0.2, 0.25) is 29.5 Å². The lowest BCUT2D eigenvalue weighted by Crippen LogP contribution is -2.61. The molecule has 7 atom stereocenters. The topological polar surface area (TPSA) is 307 Å². The van der Waals surface area contributed by atoms with Crippen LogP contribution in [0.3, 0.4) is 0 Å². The Hall–Kier alpha value is -3.87. The first kappa shape index (κ1) is 37.1. The summed E-state index contributed by atoms with van der Waals surface area (Å²) in [6.07, 6.45) is -3.69. The Balaban J connectivity index is 5.70. The van der Waals surface area contributed by atoms with E-state index in [-0.39, 0.29) is 12.3 Å². The van der Waals surface area contributed by atoms with Crippen LogP contribution in [-0.2, 0) is 33.6 Å². The van der Waals surface area contributed by atoms with E-state index in [0.717, 1.165) is 0 Å². The van der Waals surface area contributed by atoms with Gasteiger partial charge in [0, 0.05) is 0 Å². The smallest absolute Gasteiger partial charge is 0.322 e. The van der Waals surface area contributed by atoms with Crippen molar-refractivity contribution in [2.45, 2.75) is 83.0 Å². The second-order valence-electron chi connectivity index (χ2n) is 9.70. The van der Waals surface area contributed by atoms with Crippen LogP contribution in [0.25, 0.3) is 0 Å². The SMILES string of the molecule is CC(C)C[C@H](NC(=O)[C@@H](NC(=O)[C@@H](N)[C@@H](C)O)[C@@H](C)O)C(=O)N[C@@H](CO)C(=O)N[C@@H](CC(=O)O)C(=O)NCC(=O)O. The highest BCUT2D eigenvalue weighted by molar-refractivity contribution is 5.97. The number of carboxylic acids is 2. The number of nitrogens with two attached hydrogens (primary N) is 1. The van der Waals surface area contributed by atoms with Crippen LogP contribution >= 0.6 is 0 Å². The quantitative estimate of drug-likeness (QED) is 0.0709. The molecule has 0 aromatic heterocycles. The predicted molar refractivity (Wildman–Crippen MR) is 138 cm³/mol. The van der Waals surface area contributed by atoms with Crippen molar-refractivity contribution < 1.29 is 59.1 Å². The van der Waals surface area contributed by atoms with Crippen LogP contribution < -0.4 is 32.3 Å². The summed E-state index contributed by atoms with van der Waals surface area (Å²) in [6, 6.07) is -7.85. The van der Waals surface area contributed by atoms with Gasteiger partial charge in [0.15, 0.2) is 0 Å². The van der Waals surface area contributed by atoms with Gasteiger partial charge in [-0.2, -0.15) is 0 Å². The van der Waals surface area contributed by atoms with E-state index in [0.29, 0.717) is 0 Å². The summed E-state index contributed by atoms with van der Waals surface area (Å²) in [4.78, 5) is 84.7. The first-order valence-corrected chi connectivity index (χ1v) is 12.6. The molecular formula is C23H40N6O12. The first-order chi connectivity index (χ1) is 18.9. The summed E-state index contributed by atoms with van der Waals surface area (Å²) >= 11 is 0. The van der Waals surface area contributed by atoms with E-state index < -0.39 is 103 Å². The molecular weight excluding hydrogens is 552 g/mol. The van der Waals surface area contributed by atoms with Crippen LogP contribution in [0.15, 0.2) is 0 Å². The Labute approximate surface area is 235 Å². The number of rotatable bonds is 18. The van der Waals surface area contributed by atoms with Gasteiger partial charge < -0.3 is 57.9 Å². The molecule has 0 spiro atoms. The fraction of sp³-hybridized carbons (Fsp3) is 0.696. The Morgan fingerprint density at radius 3 is 1.61 bits per heavy atom. The Bertz CT molecular complexity index is 957. The van der Waals surface area contributed by atoms with Crippen molar-refractivity contribution >= 4 is 41.5 Å². The van der Waals surface area contributed by atoms with Crippen molar-refractivity contribution in [3.63, 3.8) is 0 Å². The van der Waals surface area contributed by atoms with Crippen LogP contribution in [0.5, 0.6) is 0 Å². The largest absolute Gasteiger partial charge is 0.481 e. The van der Waals surface area contributed by atoms with E-state index in [2.05, 4.69) is 16.0 Å². The van der Waals surface area contributed by atoms with Crippen LogP contribution in [0.2, 0.25) is 0 Å². The summed E-state index contributed by atoms with van der Waals surface area (Å²) in [5, 5.41) is 57.6. The summed E-state index contributed by atoms with van der Waals surface area (Å²) in [5.41, 5.74) is 5.55. The van der Waals surface area contributed by atoms with Crippen molar-refractivity contribution in [3.05, 3.63) is 0 Å². The van der Waals surface area contributed by atoms with Gasteiger partial charge >= 0.3 is 11.9 Å². The maximum atomic E-state index is 13.0. The number of carbonyl (C=O) groups excluding carboxylic acids is 5. The van der Waals surface area contributed by atoms with E-state index in [4.69, 9.17) is 15.9 Å². The van der Waals surface area contributed by atoms with E-state index in [1.165, 1.54) is 13.8 Å². The molecule has 0 aliphatic carbocycles. The molecule has 0 aromatic carbocycles. The Morgan fingerprint density at radius 2 is 1.17 bits per heavy atom. The molecule has 0 fully saturated rings. The van der Waals surface area contributed by atoms with Crippen molar-refractivity contribution in [3.8, 4) is 0 Å². The van der Waals surface area contributed by atoms with Gasteiger partial charge in [0.1, 0.15) is 36.8 Å². The minimum Gasteiger partial charge on any atom is -0.481 e. The van der Waals surface area contributed by atoms with Gasteiger partial charge in [-0.25, -0.2) is 0 Å². The molecule has 12 N–H and O–H groups in total. The molecule has 0 aliphatic rings. The van der Waals surface area contributed by atoms with Crippen LogP contribution in [0.4, 0.5) is 0 Å². The molecule has 0 saturated heterocycles. The van der Waals surface area contributed by atoms with Gasteiger partial charge in [0.25, 0.3) is 0 Å². The second-order valence-corrected chi connectivity index (χ2v) is 9.70. The number of aliphatic hydroxyl groups excluding tert-OH is 3. The molecule has 0 radical (unpaired) electrons. The molecule has 18 nitrogen and oxygen atoms in total. The summed E-state index contributed by atoms with van der Waals surface area (Å²) < 4.78 is 0. The van der Waals surface area contributed by atoms with Crippen LogP contribution in [0, 0.1) is 5.92 Å².